The number of esters is 4. The zero-order valence-corrected chi connectivity index (χ0v) is 38.3. The molecule has 0 aromatic heterocycles. The van der Waals surface area contributed by atoms with Crippen LogP contribution in [0, 0.1) is 0 Å². The molecule has 14 nitrogen and oxygen atoms in total. The summed E-state index contributed by atoms with van der Waals surface area (Å²) in [6, 6.07) is 11.7. The van der Waals surface area contributed by atoms with Gasteiger partial charge < -0.3 is 39.0 Å². The molecule has 0 spiro atoms. The summed E-state index contributed by atoms with van der Waals surface area (Å²) in [6.45, 7) is 28.8. The summed E-state index contributed by atoms with van der Waals surface area (Å²) in [5.41, 5.74) is -0.156. The normalized spacial score (nSPS) is 10.1. The first kappa shape index (κ1) is 58.8. The molecular formula is C48H76N2O12+2. The lowest BCUT2D eigenvalue weighted by Gasteiger charge is -2.18. The van der Waals surface area contributed by atoms with Crippen molar-refractivity contribution in [2.24, 2.45) is 0 Å². The van der Waals surface area contributed by atoms with Gasteiger partial charge in [0.2, 0.25) is 0 Å². The van der Waals surface area contributed by atoms with Crippen molar-refractivity contribution < 1.29 is 67.7 Å². The number of carboxylic acid groups (broad SMARTS) is 2. The smallest absolute Gasteiger partial charge is 0.339 e. The topological polar surface area (TPSA) is 189 Å². The lowest BCUT2D eigenvalue weighted by molar-refractivity contribution is -0.900. The molecule has 0 radical (unpaired) electrons. The first-order valence-corrected chi connectivity index (χ1v) is 22.1. The molecule has 2 aromatic rings. The molecule has 14 heteroatoms. The Labute approximate surface area is 370 Å². The predicted octanol–water partition coefficient (Wildman–Crippen LogP) is 6.30. The summed E-state index contributed by atoms with van der Waals surface area (Å²) < 4.78 is 19.5. The molecular weight excluding hydrogens is 797 g/mol. The van der Waals surface area contributed by atoms with E-state index in [-0.39, 0.29) is 48.7 Å². The van der Waals surface area contributed by atoms with Crippen molar-refractivity contribution in [1.29, 1.82) is 0 Å². The van der Waals surface area contributed by atoms with Crippen LogP contribution in [0.4, 0.5) is 0 Å². The van der Waals surface area contributed by atoms with Gasteiger partial charge in [0.05, 0.1) is 87.9 Å². The number of ether oxygens (including phenoxy) is 4. The molecule has 0 atom stereocenters. The second-order valence-corrected chi connectivity index (χ2v) is 14.0. The van der Waals surface area contributed by atoms with Gasteiger partial charge in [-0.3, -0.25) is 0 Å². The fourth-order valence-electron chi connectivity index (χ4n) is 5.46. The molecule has 348 valence electrons. The monoisotopic (exact) mass is 873 g/mol. The zero-order chi connectivity index (χ0) is 47.0. The second-order valence-electron chi connectivity index (χ2n) is 14.0. The number of carboxylic acids is 2. The summed E-state index contributed by atoms with van der Waals surface area (Å²) in [6.07, 6.45) is 12.5. The molecule has 2 rings (SSSR count). The van der Waals surface area contributed by atoms with Crippen LogP contribution < -0.4 is 9.80 Å². The van der Waals surface area contributed by atoms with Crippen LogP contribution in [-0.4, -0.2) is 112 Å². The van der Waals surface area contributed by atoms with Gasteiger partial charge in [0.15, 0.2) is 0 Å². The number of rotatable bonds is 28. The number of quaternary nitrogens is 2. The molecule has 0 aliphatic heterocycles. The number of aromatic carboxylic acids is 2. The van der Waals surface area contributed by atoms with E-state index in [9.17, 15) is 28.8 Å². The number of hydrogen-bond acceptors (Lipinski definition) is 10. The Kier molecular flexibility index (Phi) is 37.7. The van der Waals surface area contributed by atoms with Gasteiger partial charge in [-0.1, -0.05) is 77.5 Å². The van der Waals surface area contributed by atoms with Crippen LogP contribution in [0.1, 0.15) is 147 Å². The van der Waals surface area contributed by atoms with E-state index in [0.29, 0.717) is 25.7 Å². The van der Waals surface area contributed by atoms with Crippen molar-refractivity contribution in [2.75, 3.05) is 65.7 Å². The van der Waals surface area contributed by atoms with Gasteiger partial charge in [0.1, 0.15) is 0 Å². The van der Waals surface area contributed by atoms with Crippen LogP contribution in [0.25, 0.3) is 0 Å². The maximum atomic E-state index is 11.8. The molecule has 2 aromatic carbocycles. The lowest BCUT2D eigenvalue weighted by atomic mass is 10.1. The maximum absolute atomic E-state index is 11.8. The van der Waals surface area contributed by atoms with E-state index < -0.39 is 35.8 Å². The van der Waals surface area contributed by atoms with E-state index in [1.165, 1.54) is 114 Å². The maximum Gasteiger partial charge on any atom is 0.339 e. The third-order valence-electron chi connectivity index (χ3n) is 9.27. The standard InChI is InChI=1S/2C15H16O6.C12H27N.C6H15N/c2*1-2-13(16)20-9-5-6-10-21-15(19)12-8-4-3-7-11(12)14(17)18;1-4-7-10-13(11-8-5-2)12-9-6-3;1-4-7(5-2)6-3/h2*2-4,7-8H,1,5-6,9-10H2,(H,17,18);4-12H2,1-3H3;4-6H2,1-3H3/p+2. The van der Waals surface area contributed by atoms with Gasteiger partial charge in [-0.25, -0.2) is 28.8 Å². The Morgan fingerprint density at radius 3 is 1.00 bits per heavy atom. The summed E-state index contributed by atoms with van der Waals surface area (Å²) in [5.74, 6) is -4.73. The molecule has 0 unspecified atom stereocenters. The van der Waals surface area contributed by atoms with Crippen molar-refractivity contribution in [3.63, 3.8) is 0 Å². The predicted molar refractivity (Wildman–Crippen MR) is 241 cm³/mol. The van der Waals surface area contributed by atoms with Crippen molar-refractivity contribution in [3.8, 4) is 0 Å². The van der Waals surface area contributed by atoms with E-state index in [1.807, 2.05) is 4.90 Å². The van der Waals surface area contributed by atoms with Crippen molar-refractivity contribution in [3.05, 3.63) is 96.1 Å². The zero-order valence-electron chi connectivity index (χ0n) is 38.3. The van der Waals surface area contributed by atoms with Crippen molar-refractivity contribution >= 4 is 35.8 Å². The number of carbonyl (C=O) groups is 6. The van der Waals surface area contributed by atoms with Gasteiger partial charge in [0, 0.05) is 12.2 Å². The fourth-order valence-corrected chi connectivity index (χ4v) is 5.46. The molecule has 0 aliphatic rings. The molecule has 0 heterocycles. The molecule has 0 aliphatic carbocycles. The molecule has 4 N–H and O–H groups in total. The van der Waals surface area contributed by atoms with Crippen LogP contribution >= 0.6 is 0 Å². The summed E-state index contributed by atoms with van der Waals surface area (Å²) in [5, 5.41) is 17.9. The summed E-state index contributed by atoms with van der Waals surface area (Å²) in [7, 11) is 0. The largest absolute Gasteiger partial charge is 0.478 e. The molecule has 0 amide bonds. The average Bonchev–Trinajstić information content (AvgIpc) is 3.29. The quantitative estimate of drug-likeness (QED) is 0.0324. The first-order chi connectivity index (χ1) is 29.8. The van der Waals surface area contributed by atoms with E-state index in [2.05, 4.69) is 54.7 Å². The highest BCUT2D eigenvalue weighted by atomic mass is 16.5. The van der Waals surface area contributed by atoms with Gasteiger partial charge in [-0.05, 0) is 90.0 Å². The van der Waals surface area contributed by atoms with Gasteiger partial charge in [0.25, 0.3) is 0 Å². The third-order valence-corrected chi connectivity index (χ3v) is 9.27. The highest BCUT2D eigenvalue weighted by Gasteiger charge is 2.18. The molecule has 62 heavy (non-hydrogen) atoms. The van der Waals surface area contributed by atoms with E-state index in [1.54, 1.807) is 17.0 Å². The highest BCUT2D eigenvalue weighted by molar-refractivity contribution is 6.03. The molecule has 0 fully saturated rings. The van der Waals surface area contributed by atoms with Crippen LogP contribution in [0.3, 0.4) is 0 Å². The Balaban J connectivity index is 0. The summed E-state index contributed by atoms with van der Waals surface area (Å²) >= 11 is 0. The number of hydrogen-bond donors (Lipinski definition) is 4. The number of carbonyl (C=O) groups excluding carboxylic acids is 4. The minimum Gasteiger partial charge on any atom is -0.478 e. The first-order valence-electron chi connectivity index (χ1n) is 22.1. The van der Waals surface area contributed by atoms with Crippen molar-refractivity contribution in [2.45, 2.75) is 106 Å². The minimum absolute atomic E-state index is 0.0167. The second kappa shape index (κ2) is 39.8. The third kappa shape index (κ3) is 29.8. The fraction of sp³-hybridized carbons (Fsp3) is 0.542. The Bertz CT molecular complexity index is 1450. The number of unbranched alkanes of at least 4 members (excludes halogenated alkanes) is 5. The van der Waals surface area contributed by atoms with Crippen LogP contribution in [0.5, 0.6) is 0 Å². The van der Waals surface area contributed by atoms with Crippen LogP contribution in [-0.2, 0) is 28.5 Å². The molecule has 0 saturated heterocycles. The minimum atomic E-state index is -1.18. The Morgan fingerprint density at radius 1 is 0.468 bits per heavy atom. The Hall–Kier alpha value is -5.34. The van der Waals surface area contributed by atoms with Crippen molar-refractivity contribution in [1.82, 2.24) is 0 Å². The number of benzene rings is 2. The Morgan fingerprint density at radius 2 is 0.758 bits per heavy atom. The van der Waals surface area contributed by atoms with Crippen LogP contribution in [0.15, 0.2) is 73.8 Å². The molecule has 0 saturated carbocycles. The van der Waals surface area contributed by atoms with Crippen LogP contribution in [0.2, 0.25) is 0 Å². The number of nitrogens with one attached hydrogen (secondary N) is 2. The van der Waals surface area contributed by atoms with Gasteiger partial charge in [-0.2, -0.15) is 0 Å². The highest BCUT2D eigenvalue weighted by Crippen LogP contribution is 2.12. The van der Waals surface area contributed by atoms with E-state index in [0.717, 1.165) is 12.2 Å². The van der Waals surface area contributed by atoms with E-state index >= 15 is 0 Å². The molecule has 0 bridgehead atoms. The summed E-state index contributed by atoms with van der Waals surface area (Å²) in [4.78, 5) is 70.5. The lowest BCUT2D eigenvalue weighted by Crippen LogP contribution is -3.12. The van der Waals surface area contributed by atoms with Gasteiger partial charge >= 0.3 is 35.8 Å². The average molecular weight is 873 g/mol. The van der Waals surface area contributed by atoms with E-state index in [4.69, 9.17) is 29.2 Å². The SMILES string of the molecule is C=CC(=O)OCCCCOC(=O)c1ccccc1C(=O)O.C=CC(=O)OCCCCOC(=O)c1ccccc1C(=O)O.CCCC[NH+](CCCC)CCCC.CC[NH+](CC)CC. The van der Waals surface area contributed by atoms with Gasteiger partial charge in [-0.15, -0.1) is 0 Å².